The van der Waals surface area contributed by atoms with E-state index in [1.165, 1.54) is 27.0 Å². The first-order chi connectivity index (χ1) is 13.9. The second-order valence-electron chi connectivity index (χ2n) is 7.02. The third kappa shape index (κ3) is 6.99. The second kappa shape index (κ2) is 10.9. The fourth-order valence-corrected chi connectivity index (χ4v) is 2.90. The minimum absolute atomic E-state index is 0.0666. The zero-order chi connectivity index (χ0) is 23.1. The Labute approximate surface area is 173 Å². The lowest BCUT2D eigenvalue weighted by Crippen LogP contribution is -2.63. The molecule has 1 rings (SSSR count). The van der Waals surface area contributed by atoms with Crippen molar-refractivity contribution in [2.75, 3.05) is 6.61 Å². The SMILES string of the molecule is CC(=O)N[C@H]([C@H](C)O)C(O)(NC(C)=O)c1cnc(C[C@H](O)[C@@H](CO)NC(C)=O)cn1. The van der Waals surface area contributed by atoms with E-state index < -0.39 is 54.3 Å². The fourth-order valence-electron chi connectivity index (χ4n) is 2.90. The summed E-state index contributed by atoms with van der Waals surface area (Å²) in [5.74, 6) is -1.61. The Kier molecular flexibility index (Phi) is 9.23. The van der Waals surface area contributed by atoms with Crippen molar-refractivity contribution < 1.29 is 34.8 Å². The van der Waals surface area contributed by atoms with Crippen molar-refractivity contribution in [1.29, 1.82) is 0 Å². The zero-order valence-corrected chi connectivity index (χ0v) is 17.3. The number of aliphatic hydroxyl groups is 4. The number of rotatable bonds is 10. The summed E-state index contributed by atoms with van der Waals surface area (Å²) in [4.78, 5) is 42.4. The van der Waals surface area contributed by atoms with Gasteiger partial charge in [-0.25, -0.2) is 0 Å². The second-order valence-corrected chi connectivity index (χ2v) is 7.02. The molecule has 0 aromatic carbocycles. The average molecular weight is 427 g/mol. The molecule has 0 aliphatic rings. The van der Waals surface area contributed by atoms with Gasteiger partial charge in [0, 0.05) is 33.4 Å². The number of nitrogens with zero attached hydrogens (tertiary/aromatic N) is 2. The van der Waals surface area contributed by atoms with E-state index in [4.69, 9.17) is 0 Å². The number of carbonyl (C=O) groups excluding carboxylic acids is 3. The van der Waals surface area contributed by atoms with Gasteiger partial charge in [-0.3, -0.25) is 24.4 Å². The van der Waals surface area contributed by atoms with Gasteiger partial charge in [0.05, 0.1) is 36.7 Å². The van der Waals surface area contributed by atoms with Crippen LogP contribution >= 0.6 is 0 Å². The maximum atomic E-state index is 11.6. The predicted octanol–water partition coefficient (Wildman–Crippen LogP) is -2.96. The maximum Gasteiger partial charge on any atom is 0.219 e. The summed E-state index contributed by atoms with van der Waals surface area (Å²) in [7, 11) is 0. The molecule has 3 amide bonds. The van der Waals surface area contributed by atoms with Crippen LogP contribution in [0.1, 0.15) is 39.1 Å². The molecule has 12 nitrogen and oxygen atoms in total. The first kappa shape index (κ1) is 25.4. The summed E-state index contributed by atoms with van der Waals surface area (Å²) < 4.78 is 0. The Bertz CT molecular complexity index is 743. The van der Waals surface area contributed by atoms with E-state index in [-0.39, 0.29) is 17.8 Å². The summed E-state index contributed by atoms with van der Waals surface area (Å²) in [6, 6.07) is -2.23. The zero-order valence-electron chi connectivity index (χ0n) is 17.3. The van der Waals surface area contributed by atoms with Gasteiger partial charge in [0.2, 0.25) is 23.4 Å². The molecule has 1 unspecified atom stereocenters. The molecule has 0 bridgehead atoms. The van der Waals surface area contributed by atoms with Gasteiger partial charge in [0.1, 0.15) is 11.7 Å². The van der Waals surface area contributed by atoms with Crippen LogP contribution in [0.2, 0.25) is 0 Å². The Morgan fingerprint density at radius 1 is 1.03 bits per heavy atom. The number of amides is 3. The molecule has 12 heteroatoms. The van der Waals surface area contributed by atoms with Crippen molar-refractivity contribution in [2.45, 2.75) is 64.1 Å². The fraction of sp³-hybridized carbons (Fsp3) is 0.611. The number of aromatic nitrogens is 2. The van der Waals surface area contributed by atoms with Gasteiger partial charge in [0.15, 0.2) is 0 Å². The van der Waals surface area contributed by atoms with Crippen molar-refractivity contribution in [3.05, 3.63) is 23.8 Å². The minimum atomic E-state index is -2.26. The van der Waals surface area contributed by atoms with Crippen LogP contribution < -0.4 is 16.0 Å². The van der Waals surface area contributed by atoms with Crippen LogP contribution in [0.5, 0.6) is 0 Å². The molecule has 1 aromatic rings. The summed E-state index contributed by atoms with van der Waals surface area (Å²) in [5.41, 5.74) is -2.15. The third-order valence-corrected chi connectivity index (χ3v) is 4.22. The van der Waals surface area contributed by atoms with E-state index >= 15 is 0 Å². The van der Waals surface area contributed by atoms with E-state index in [1.807, 2.05) is 0 Å². The van der Waals surface area contributed by atoms with Gasteiger partial charge in [-0.05, 0) is 6.92 Å². The molecule has 5 atom stereocenters. The number of hydrogen-bond donors (Lipinski definition) is 7. The first-order valence-corrected chi connectivity index (χ1v) is 9.24. The quantitative estimate of drug-likeness (QED) is 0.191. The number of carbonyl (C=O) groups is 3. The summed E-state index contributed by atoms with van der Waals surface area (Å²) >= 11 is 0. The topological polar surface area (TPSA) is 194 Å². The molecule has 30 heavy (non-hydrogen) atoms. The van der Waals surface area contributed by atoms with Gasteiger partial charge < -0.3 is 36.4 Å². The van der Waals surface area contributed by atoms with E-state index in [9.17, 15) is 34.8 Å². The molecule has 0 saturated heterocycles. The van der Waals surface area contributed by atoms with Crippen molar-refractivity contribution in [1.82, 2.24) is 25.9 Å². The Morgan fingerprint density at radius 2 is 1.63 bits per heavy atom. The van der Waals surface area contributed by atoms with Gasteiger partial charge in [-0.2, -0.15) is 0 Å². The molecule has 0 aliphatic carbocycles. The number of nitrogens with one attached hydrogen (secondary N) is 3. The highest BCUT2D eigenvalue weighted by Crippen LogP contribution is 2.23. The molecule has 0 fully saturated rings. The van der Waals surface area contributed by atoms with Crippen LogP contribution in [0.15, 0.2) is 12.4 Å². The first-order valence-electron chi connectivity index (χ1n) is 9.24. The smallest absolute Gasteiger partial charge is 0.219 e. The molecule has 0 saturated carbocycles. The Morgan fingerprint density at radius 3 is 2.03 bits per heavy atom. The molecule has 1 heterocycles. The minimum Gasteiger partial charge on any atom is -0.394 e. The van der Waals surface area contributed by atoms with Crippen LogP contribution in [0.25, 0.3) is 0 Å². The number of hydrogen-bond acceptors (Lipinski definition) is 9. The van der Waals surface area contributed by atoms with E-state index in [1.54, 1.807) is 0 Å². The predicted molar refractivity (Wildman–Crippen MR) is 103 cm³/mol. The van der Waals surface area contributed by atoms with Crippen LogP contribution in [-0.2, 0) is 26.5 Å². The lowest BCUT2D eigenvalue weighted by molar-refractivity contribution is -0.139. The molecule has 7 N–H and O–H groups in total. The normalized spacial score (nSPS) is 17.1. The summed E-state index contributed by atoms with van der Waals surface area (Å²) in [6.45, 7) is 4.42. The molecular formula is C18H29N5O7. The maximum absolute atomic E-state index is 11.6. The monoisotopic (exact) mass is 427 g/mol. The van der Waals surface area contributed by atoms with Crippen molar-refractivity contribution in [3.63, 3.8) is 0 Å². The highest BCUT2D eigenvalue weighted by atomic mass is 16.3. The molecule has 1 aromatic heterocycles. The van der Waals surface area contributed by atoms with Gasteiger partial charge in [0.25, 0.3) is 0 Å². The van der Waals surface area contributed by atoms with E-state index in [0.29, 0.717) is 0 Å². The van der Waals surface area contributed by atoms with E-state index in [0.717, 1.165) is 13.1 Å². The molecular weight excluding hydrogens is 398 g/mol. The highest BCUT2D eigenvalue weighted by molar-refractivity contribution is 5.75. The van der Waals surface area contributed by atoms with E-state index in [2.05, 4.69) is 25.9 Å². The Hall–Kier alpha value is -2.67. The average Bonchev–Trinajstić information content (AvgIpc) is 2.63. The van der Waals surface area contributed by atoms with Gasteiger partial charge in [-0.1, -0.05) is 0 Å². The van der Waals surface area contributed by atoms with Crippen molar-refractivity contribution in [3.8, 4) is 0 Å². The molecule has 0 aliphatic heterocycles. The van der Waals surface area contributed by atoms with Gasteiger partial charge in [-0.15, -0.1) is 0 Å². The lowest BCUT2D eigenvalue weighted by atomic mass is 9.95. The number of aliphatic hydroxyl groups excluding tert-OH is 3. The largest absolute Gasteiger partial charge is 0.394 e. The van der Waals surface area contributed by atoms with Gasteiger partial charge >= 0.3 is 0 Å². The third-order valence-electron chi connectivity index (χ3n) is 4.22. The molecule has 168 valence electrons. The summed E-state index contributed by atoms with van der Waals surface area (Å²) in [6.07, 6.45) is -0.139. The molecule has 0 radical (unpaired) electrons. The Balaban J connectivity index is 3.16. The van der Waals surface area contributed by atoms with Crippen molar-refractivity contribution in [2.24, 2.45) is 0 Å². The van der Waals surface area contributed by atoms with Crippen LogP contribution in [0.4, 0.5) is 0 Å². The molecule has 0 spiro atoms. The van der Waals surface area contributed by atoms with Crippen molar-refractivity contribution >= 4 is 17.7 Å². The van der Waals surface area contributed by atoms with Crippen LogP contribution in [0, 0.1) is 0 Å². The standard InChI is InChI=1S/C18H29N5O7/c1-9(25)17(22-11(3)27)18(30,23-12(4)28)16-7-19-13(6-20-16)5-15(29)14(8-24)21-10(2)26/h6-7,9,14-15,17,24-25,29-30H,5,8H2,1-4H3,(H,21,26)(H,22,27)(H,23,28)/t9-,14+,15-,17+,18?/m0/s1. The lowest BCUT2D eigenvalue weighted by Gasteiger charge is -2.37. The van der Waals surface area contributed by atoms with Crippen LogP contribution in [-0.4, -0.2) is 79.0 Å². The highest BCUT2D eigenvalue weighted by Gasteiger charge is 2.44. The summed E-state index contributed by atoms with van der Waals surface area (Å²) in [5, 5.41) is 47.7. The van der Waals surface area contributed by atoms with Crippen LogP contribution in [0.3, 0.4) is 0 Å².